The van der Waals surface area contributed by atoms with E-state index in [4.69, 9.17) is 18.5 Å². The maximum atomic E-state index is 12.9. The topological polar surface area (TPSA) is 111 Å². The Hall–Kier alpha value is -4.89. The molecule has 0 amide bonds. The third kappa shape index (κ3) is 74.2. The van der Waals surface area contributed by atoms with Crippen LogP contribution in [0.25, 0.3) is 0 Å². The molecule has 0 aliphatic carbocycles. The summed E-state index contributed by atoms with van der Waals surface area (Å²) in [5.74, 6) is -0.855. The molecule has 0 heterocycles. The normalized spacial score (nSPS) is 14.2. The number of ether oxygens (including phenoxy) is 2. The van der Waals surface area contributed by atoms with E-state index in [0.717, 1.165) is 154 Å². The summed E-state index contributed by atoms with van der Waals surface area (Å²) >= 11 is 0. The minimum atomic E-state index is -4.66. The fourth-order valence-corrected chi connectivity index (χ4v) is 10.1. The van der Waals surface area contributed by atoms with E-state index >= 15 is 0 Å². The SMILES string of the molecule is CC/C=C\C/C=C\C/C=C\C/C=C\C/C=C\C/C=C\C/C=C\C/C=C\C/C=C\CCCCCCCCCC(=O)OC(COC(=O)CCCCCCCCCCCCCCCC/C=C\C/C=C\C/C=C\C/C=C\C/C=C\C/C=C\CC)COP(=O)([O-])OCC[N+](C)(C)C. The molecule has 520 valence electrons. The molecule has 0 bridgehead atoms. The molecule has 10 heteroatoms. The standard InChI is InChI=1S/C82H134NO8P/c1-6-8-10-12-14-16-18-20-22-24-26-28-30-32-34-36-38-40-41-43-45-47-49-51-53-55-57-59-61-63-65-67-69-71-73-75-82(85)91-80(79-90-92(86,87)89-77-76-83(3,4)5)78-88-81(84)74-72-70-68-66-64-62-60-58-56-54-52-50-48-46-44-42-39-37-35-33-31-29-27-25-23-21-19-17-15-13-11-9-7-2/h8-11,14-17,20-23,26-29,32-35,38-40,42-43,45,49,51,55,57,80H,6-7,12-13,18-19,24-25,30-31,36-37,41,44,46-48,50,52-54,56,58-79H2,1-5H3/b10-8-,11-9-,16-14-,17-15-,22-20-,23-21-,28-26-,29-27-,34-32-,35-33-,40-38-,42-39-,45-43-,51-49-,57-55-. The van der Waals surface area contributed by atoms with Crippen LogP contribution in [-0.2, 0) is 32.7 Å². The zero-order valence-corrected chi connectivity index (χ0v) is 60.1. The first-order valence-corrected chi connectivity index (χ1v) is 38.0. The third-order valence-electron chi connectivity index (χ3n) is 14.9. The third-order valence-corrected chi connectivity index (χ3v) is 15.9. The zero-order valence-electron chi connectivity index (χ0n) is 59.2. The second-order valence-electron chi connectivity index (χ2n) is 24.8. The molecule has 0 spiro atoms. The molecule has 0 aromatic carbocycles. The van der Waals surface area contributed by atoms with Crippen LogP contribution < -0.4 is 4.89 Å². The Bertz CT molecular complexity index is 2210. The number of quaternary nitrogens is 1. The molecule has 0 N–H and O–H groups in total. The molecule has 0 aliphatic heterocycles. The molecule has 2 unspecified atom stereocenters. The average Bonchev–Trinajstić information content (AvgIpc) is 2.14. The van der Waals surface area contributed by atoms with Crippen molar-refractivity contribution in [2.75, 3.05) is 47.5 Å². The van der Waals surface area contributed by atoms with E-state index in [-0.39, 0.29) is 26.1 Å². The van der Waals surface area contributed by atoms with Gasteiger partial charge in [0.25, 0.3) is 7.82 Å². The highest BCUT2D eigenvalue weighted by atomic mass is 31.2. The van der Waals surface area contributed by atoms with Crippen LogP contribution in [0.5, 0.6) is 0 Å². The van der Waals surface area contributed by atoms with E-state index < -0.39 is 32.5 Å². The van der Waals surface area contributed by atoms with Crippen molar-refractivity contribution in [3.8, 4) is 0 Å². The van der Waals surface area contributed by atoms with Crippen molar-refractivity contribution in [1.82, 2.24) is 0 Å². The van der Waals surface area contributed by atoms with E-state index in [1.165, 1.54) is 83.5 Å². The fourth-order valence-electron chi connectivity index (χ4n) is 9.42. The molecule has 0 fully saturated rings. The van der Waals surface area contributed by atoms with Gasteiger partial charge in [-0.25, -0.2) is 0 Å². The lowest BCUT2D eigenvalue weighted by atomic mass is 10.0. The smallest absolute Gasteiger partial charge is 0.306 e. The molecular formula is C82H134NO8P. The number of carbonyl (C=O) groups is 2. The van der Waals surface area contributed by atoms with E-state index in [2.05, 4.69) is 196 Å². The van der Waals surface area contributed by atoms with Crippen LogP contribution >= 0.6 is 7.82 Å². The van der Waals surface area contributed by atoms with E-state index in [1.54, 1.807) is 0 Å². The average molecular weight is 1290 g/mol. The first-order valence-electron chi connectivity index (χ1n) is 36.5. The number of phosphoric acid groups is 1. The molecule has 9 nitrogen and oxygen atoms in total. The highest BCUT2D eigenvalue weighted by molar-refractivity contribution is 7.45. The van der Waals surface area contributed by atoms with Crippen LogP contribution in [0.1, 0.15) is 271 Å². The maximum absolute atomic E-state index is 12.9. The lowest BCUT2D eigenvalue weighted by Crippen LogP contribution is -2.37. The summed E-state index contributed by atoms with van der Waals surface area (Å²) in [7, 11) is 1.14. The molecule has 0 saturated carbocycles. The number of hydrogen-bond donors (Lipinski definition) is 0. The number of rotatable bonds is 65. The monoisotopic (exact) mass is 1290 g/mol. The van der Waals surface area contributed by atoms with Gasteiger partial charge in [-0.05, 0) is 135 Å². The lowest BCUT2D eigenvalue weighted by Gasteiger charge is -2.28. The van der Waals surface area contributed by atoms with Crippen LogP contribution in [-0.4, -0.2) is 70.0 Å². The number of carbonyl (C=O) groups excluding carboxylic acids is 2. The van der Waals surface area contributed by atoms with Gasteiger partial charge in [-0.1, -0.05) is 305 Å². The van der Waals surface area contributed by atoms with Gasteiger partial charge in [0.2, 0.25) is 0 Å². The van der Waals surface area contributed by atoms with Crippen molar-refractivity contribution in [2.24, 2.45) is 0 Å². The van der Waals surface area contributed by atoms with Gasteiger partial charge in [-0.3, -0.25) is 14.2 Å². The van der Waals surface area contributed by atoms with Gasteiger partial charge in [0.15, 0.2) is 6.10 Å². The molecular weight excluding hydrogens is 1160 g/mol. The minimum Gasteiger partial charge on any atom is -0.756 e. The predicted molar refractivity (Wildman–Crippen MR) is 396 cm³/mol. The summed E-state index contributed by atoms with van der Waals surface area (Å²) in [6.45, 7) is 3.99. The summed E-state index contributed by atoms with van der Waals surface area (Å²) in [5.41, 5.74) is 0. The molecule has 0 rings (SSSR count). The lowest BCUT2D eigenvalue weighted by molar-refractivity contribution is -0.870. The van der Waals surface area contributed by atoms with Crippen molar-refractivity contribution >= 4 is 19.8 Å². The molecule has 0 saturated heterocycles. The second-order valence-corrected chi connectivity index (χ2v) is 26.2. The van der Waals surface area contributed by atoms with Crippen LogP contribution in [0.4, 0.5) is 0 Å². The van der Waals surface area contributed by atoms with Crippen molar-refractivity contribution < 1.29 is 42.1 Å². The Labute approximate surface area is 565 Å². The van der Waals surface area contributed by atoms with Crippen molar-refractivity contribution in [3.05, 3.63) is 182 Å². The Morgan fingerprint density at radius 3 is 0.870 bits per heavy atom. The summed E-state index contributed by atoms with van der Waals surface area (Å²) < 4.78 is 34.3. The van der Waals surface area contributed by atoms with Crippen LogP contribution in [0.3, 0.4) is 0 Å². The minimum absolute atomic E-state index is 0.0422. The summed E-state index contributed by atoms with van der Waals surface area (Å²) in [5, 5.41) is 0. The highest BCUT2D eigenvalue weighted by Gasteiger charge is 2.22. The Balaban J connectivity index is 4.13. The number of likely N-dealkylation sites (N-methyl/N-ethyl adjacent to an activating group) is 1. The van der Waals surface area contributed by atoms with E-state index in [0.29, 0.717) is 17.4 Å². The molecule has 0 aromatic heterocycles. The van der Waals surface area contributed by atoms with Crippen LogP contribution in [0.15, 0.2) is 182 Å². The quantitative estimate of drug-likeness (QED) is 0.0195. The summed E-state index contributed by atoms with van der Waals surface area (Å²) in [6, 6.07) is 0. The van der Waals surface area contributed by atoms with Crippen molar-refractivity contribution in [1.29, 1.82) is 0 Å². The maximum Gasteiger partial charge on any atom is 0.306 e. The van der Waals surface area contributed by atoms with Gasteiger partial charge in [0.1, 0.15) is 19.8 Å². The summed E-state index contributed by atoms with van der Waals surface area (Å²) in [4.78, 5) is 38.1. The number of hydrogen-bond acceptors (Lipinski definition) is 8. The van der Waals surface area contributed by atoms with Gasteiger partial charge in [0.05, 0.1) is 27.7 Å². The largest absolute Gasteiger partial charge is 0.756 e. The van der Waals surface area contributed by atoms with Gasteiger partial charge in [-0.2, -0.15) is 0 Å². The van der Waals surface area contributed by atoms with Gasteiger partial charge >= 0.3 is 11.9 Å². The number of phosphoric ester groups is 1. The second kappa shape index (κ2) is 70.4. The van der Waals surface area contributed by atoms with Crippen LogP contribution in [0, 0.1) is 0 Å². The van der Waals surface area contributed by atoms with Gasteiger partial charge < -0.3 is 27.9 Å². The van der Waals surface area contributed by atoms with E-state index in [1.807, 2.05) is 21.1 Å². The van der Waals surface area contributed by atoms with Gasteiger partial charge in [-0.15, -0.1) is 0 Å². The number of unbranched alkanes of at least 4 members (excludes halogenated alkanes) is 21. The number of esters is 2. The summed E-state index contributed by atoms with van der Waals surface area (Å²) in [6.07, 6.45) is 108. The number of nitrogens with zero attached hydrogens (tertiary/aromatic N) is 1. The molecule has 0 aliphatic rings. The van der Waals surface area contributed by atoms with E-state index in [9.17, 15) is 19.0 Å². The van der Waals surface area contributed by atoms with Gasteiger partial charge in [0, 0.05) is 12.8 Å². The first kappa shape index (κ1) is 87.1. The fraction of sp³-hybridized carbons (Fsp3) is 0.610. The molecule has 0 radical (unpaired) electrons. The Kier molecular flexibility index (Phi) is 66.7. The predicted octanol–water partition coefficient (Wildman–Crippen LogP) is 23.6. The number of allylic oxidation sites excluding steroid dienone is 30. The Morgan fingerprint density at radius 2 is 0.587 bits per heavy atom. The zero-order chi connectivity index (χ0) is 66.9. The molecule has 2 atom stereocenters. The molecule has 92 heavy (non-hydrogen) atoms. The van der Waals surface area contributed by atoms with Crippen molar-refractivity contribution in [3.63, 3.8) is 0 Å². The highest BCUT2D eigenvalue weighted by Crippen LogP contribution is 2.38. The molecule has 0 aromatic rings. The first-order chi connectivity index (χ1) is 45.0. The van der Waals surface area contributed by atoms with Crippen molar-refractivity contribution in [2.45, 2.75) is 277 Å². The van der Waals surface area contributed by atoms with Crippen LogP contribution in [0.2, 0.25) is 0 Å². The Morgan fingerprint density at radius 1 is 0.337 bits per heavy atom.